The van der Waals surface area contributed by atoms with Gasteiger partial charge in [-0.05, 0) is 24.3 Å². The van der Waals surface area contributed by atoms with Crippen LogP contribution in [0.1, 0.15) is 0 Å². The van der Waals surface area contributed by atoms with E-state index in [1.165, 1.54) is 13.2 Å². The lowest BCUT2D eigenvalue weighted by atomic mass is 10.1. The molecule has 166 valence electrons. The van der Waals surface area contributed by atoms with E-state index in [1.807, 2.05) is 0 Å². The molecule has 1 amide bonds. The first-order valence-corrected chi connectivity index (χ1v) is 9.99. The zero-order valence-electron chi connectivity index (χ0n) is 17.7. The summed E-state index contributed by atoms with van der Waals surface area (Å²) in [5.41, 5.74) is 1.32. The third-order valence-electron chi connectivity index (χ3n) is 5.17. The summed E-state index contributed by atoms with van der Waals surface area (Å²) in [7, 11) is 3.13. The standard InChI is InChI=1S/C22H23FN6O3/c1-4-18(30)26-15-10-32-11-16(15)28-22-25-9-12-8-14(27-21(24-2)20(12)29-22)13-6-5-7-17(31-3)19(13)23/h4-9,15-16H,1,10-11H2,2-3H3,(H,24,27)(H,26,30)(H,25,28,29)/t15-,16+/m0/s1. The summed E-state index contributed by atoms with van der Waals surface area (Å²) in [4.78, 5) is 25.2. The molecular formula is C22H23FN6O3. The number of pyridine rings is 1. The molecule has 1 aliphatic rings. The van der Waals surface area contributed by atoms with Crippen molar-refractivity contribution in [1.29, 1.82) is 0 Å². The molecule has 0 spiro atoms. The molecule has 1 fully saturated rings. The van der Waals surface area contributed by atoms with Gasteiger partial charge in [0.1, 0.15) is 5.52 Å². The minimum absolute atomic E-state index is 0.142. The van der Waals surface area contributed by atoms with Gasteiger partial charge in [-0.25, -0.2) is 19.3 Å². The summed E-state index contributed by atoms with van der Waals surface area (Å²) in [6.45, 7) is 4.24. The molecule has 10 heteroatoms. The molecule has 3 N–H and O–H groups in total. The largest absolute Gasteiger partial charge is 0.494 e. The highest BCUT2D eigenvalue weighted by Crippen LogP contribution is 2.31. The molecule has 1 saturated heterocycles. The molecule has 0 bridgehead atoms. The number of methoxy groups -OCH3 is 1. The number of amides is 1. The van der Waals surface area contributed by atoms with Crippen molar-refractivity contribution in [2.24, 2.45) is 0 Å². The van der Waals surface area contributed by atoms with Crippen LogP contribution in [0.3, 0.4) is 0 Å². The average Bonchev–Trinajstić information content (AvgIpc) is 3.24. The Hall–Kier alpha value is -3.79. The molecule has 3 heterocycles. The van der Waals surface area contributed by atoms with E-state index in [0.29, 0.717) is 47.1 Å². The summed E-state index contributed by atoms with van der Waals surface area (Å²) >= 11 is 0. The molecule has 0 unspecified atom stereocenters. The SMILES string of the molecule is C=CC(=O)N[C@H]1COC[C@H]1Nc1ncc2cc(-c3cccc(OC)c3F)nc(NC)c2n1. The Morgan fingerprint density at radius 3 is 2.88 bits per heavy atom. The third-order valence-corrected chi connectivity index (χ3v) is 5.17. The second kappa shape index (κ2) is 9.15. The highest BCUT2D eigenvalue weighted by molar-refractivity contribution is 5.91. The lowest BCUT2D eigenvalue weighted by molar-refractivity contribution is -0.117. The van der Waals surface area contributed by atoms with Gasteiger partial charge in [0.25, 0.3) is 0 Å². The van der Waals surface area contributed by atoms with Crippen molar-refractivity contribution in [3.63, 3.8) is 0 Å². The maximum atomic E-state index is 14.8. The fourth-order valence-corrected chi connectivity index (χ4v) is 3.53. The molecule has 0 saturated carbocycles. The lowest BCUT2D eigenvalue weighted by Gasteiger charge is -2.20. The smallest absolute Gasteiger partial charge is 0.243 e. The van der Waals surface area contributed by atoms with Gasteiger partial charge in [0.05, 0.1) is 38.1 Å². The number of carbonyl (C=O) groups excluding carboxylic acids is 1. The number of hydrogen-bond acceptors (Lipinski definition) is 8. The minimum atomic E-state index is -0.489. The molecule has 9 nitrogen and oxygen atoms in total. The summed E-state index contributed by atoms with van der Waals surface area (Å²) in [6.07, 6.45) is 2.86. The number of nitrogens with one attached hydrogen (secondary N) is 3. The summed E-state index contributed by atoms with van der Waals surface area (Å²) < 4.78 is 25.3. The van der Waals surface area contributed by atoms with Crippen molar-refractivity contribution in [1.82, 2.24) is 20.3 Å². The van der Waals surface area contributed by atoms with E-state index in [4.69, 9.17) is 9.47 Å². The maximum Gasteiger partial charge on any atom is 0.243 e. The number of aromatic nitrogens is 3. The first-order chi connectivity index (χ1) is 15.5. The molecule has 0 aliphatic carbocycles. The molecule has 2 aromatic heterocycles. The van der Waals surface area contributed by atoms with Crippen molar-refractivity contribution in [2.75, 3.05) is 38.0 Å². The van der Waals surface area contributed by atoms with Crippen LogP contribution in [0, 0.1) is 5.82 Å². The summed E-state index contributed by atoms with van der Waals surface area (Å²) in [6, 6.07) is 6.19. The topological polar surface area (TPSA) is 110 Å². The predicted octanol–water partition coefficient (Wildman–Crippen LogP) is 2.36. The molecule has 4 rings (SSSR count). The van der Waals surface area contributed by atoms with Gasteiger partial charge in [0, 0.05) is 24.2 Å². The monoisotopic (exact) mass is 438 g/mol. The van der Waals surface area contributed by atoms with Crippen LogP contribution in [-0.2, 0) is 9.53 Å². The molecule has 32 heavy (non-hydrogen) atoms. The minimum Gasteiger partial charge on any atom is -0.494 e. The number of hydrogen-bond donors (Lipinski definition) is 3. The van der Waals surface area contributed by atoms with Crippen molar-refractivity contribution in [3.05, 3.63) is 48.9 Å². The Morgan fingerprint density at radius 1 is 1.31 bits per heavy atom. The predicted molar refractivity (Wildman–Crippen MR) is 119 cm³/mol. The van der Waals surface area contributed by atoms with Gasteiger partial charge in [-0.1, -0.05) is 12.6 Å². The molecule has 2 atom stereocenters. The average molecular weight is 438 g/mol. The van der Waals surface area contributed by atoms with Crippen LogP contribution in [0.25, 0.3) is 22.2 Å². The lowest BCUT2D eigenvalue weighted by Crippen LogP contribution is -2.45. The first kappa shape index (κ1) is 21.4. The number of anilines is 2. The number of benzene rings is 1. The van der Waals surface area contributed by atoms with Crippen molar-refractivity contribution in [3.8, 4) is 17.0 Å². The Balaban J connectivity index is 1.66. The molecule has 3 aromatic rings. The van der Waals surface area contributed by atoms with E-state index < -0.39 is 5.82 Å². The van der Waals surface area contributed by atoms with Crippen LogP contribution >= 0.6 is 0 Å². The number of fused-ring (bicyclic) bond motifs is 1. The van der Waals surface area contributed by atoms with Gasteiger partial charge in [-0.3, -0.25) is 4.79 Å². The van der Waals surface area contributed by atoms with Crippen LogP contribution < -0.4 is 20.7 Å². The number of halogens is 1. The Kier molecular flexibility index (Phi) is 6.13. The second-order valence-corrected chi connectivity index (χ2v) is 7.17. The number of carbonyl (C=O) groups is 1. The van der Waals surface area contributed by atoms with Crippen molar-refractivity contribution >= 4 is 28.6 Å². The fourth-order valence-electron chi connectivity index (χ4n) is 3.53. The maximum absolute atomic E-state index is 14.8. The van der Waals surface area contributed by atoms with E-state index in [0.717, 1.165) is 0 Å². The third kappa shape index (κ3) is 4.17. The summed E-state index contributed by atoms with van der Waals surface area (Å²) in [5, 5.41) is 9.74. The quantitative estimate of drug-likeness (QED) is 0.482. The Labute approximate surface area is 184 Å². The van der Waals surface area contributed by atoms with E-state index in [2.05, 4.69) is 37.5 Å². The number of rotatable bonds is 7. The van der Waals surface area contributed by atoms with Crippen LogP contribution in [0.2, 0.25) is 0 Å². The Morgan fingerprint density at radius 2 is 2.12 bits per heavy atom. The highest BCUT2D eigenvalue weighted by Gasteiger charge is 2.29. The van der Waals surface area contributed by atoms with Gasteiger partial charge >= 0.3 is 0 Å². The normalized spacial score (nSPS) is 17.7. The molecule has 1 aliphatic heterocycles. The van der Waals surface area contributed by atoms with Crippen LogP contribution in [0.5, 0.6) is 5.75 Å². The number of nitrogens with zero attached hydrogens (tertiary/aromatic N) is 3. The van der Waals surface area contributed by atoms with Gasteiger partial charge in [-0.15, -0.1) is 0 Å². The van der Waals surface area contributed by atoms with Crippen molar-refractivity contribution in [2.45, 2.75) is 12.1 Å². The van der Waals surface area contributed by atoms with Gasteiger partial charge in [0.2, 0.25) is 11.9 Å². The zero-order chi connectivity index (χ0) is 22.7. The van der Waals surface area contributed by atoms with Gasteiger partial charge < -0.3 is 25.4 Å². The first-order valence-electron chi connectivity index (χ1n) is 9.99. The Bertz CT molecular complexity index is 1170. The van der Waals surface area contributed by atoms with E-state index in [9.17, 15) is 9.18 Å². The van der Waals surface area contributed by atoms with Gasteiger partial charge in [-0.2, -0.15) is 0 Å². The van der Waals surface area contributed by atoms with E-state index in [-0.39, 0.29) is 23.7 Å². The zero-order valence-corrected chi connectivity index (χ0v) is 17.7. The van der Waals surface area contributed by atoms with Gasteiger partial charge in [0.15, 0.2) is 17.4 Å². The van der Waals surface area contributed by atoms with E-state index >= 15 is 0 Å². The molecule has 1 aromatic carbocycles. The molecule has 0 radical (unpaired) electrons. The van der Waals surface area contributed by atoms with Crippen LogP contribution in [-0.4, -0.2) is 60.3 Å². The van der Waals surface area contributed by atoms with Crippen molar-refractivity contribution < 1.29 is 18.7 Å². The van der Waals surface area contributed by atoms with Crippen LogP contribution in [0.4, 0.5) is 16.2 Å². The van der Waals surface area contributed by atoms with E-state index in [1.54, 1.807) is 37.5 Å². The second-order valence-electron chi connectivity index (χ2n) is 7.17. The van der Waals surface area contributed by atoms with Crippen LogP contribution in [0.15, 0.2) is 43.1 Å². The fraction of sp³-hybridized carbons (Fsp3) is 0.273. The number of ether oxygens (including phenoxy) is 2. The highest BCUT2D eigenvalue weighted by atomic mass is 19.1. The summed E-state index contributed by atoms with van der Waals surface area (Å²) in [5.74, 6) is 0.222. The molecular weight excluding hydrogens is 415 g/mol.